The Hall–Kier alpha value is -1.45. The molecule has 0 radical (unpaired) electrons. The molecule has 2 aromatic rings. The maximum Gasteiger partial charge on any atom is 0.141 e. The molecule has 0 fully saturated rings. The largest absolute Gasteiger partial charge is 0.455 e. The van der Waals surface area contributed by atoms with E-state index in [2.05, 4.69) is 0 Å². The first-order valence-electron chi connectivity index (χ1n) is 5.51. The van der Waals surface area contributed by atoms with Crippen LogP contribution in [0.3, 0.4) is 0 Å². The number of rotatable bonds is 1. The Labute approximate surface area is 104 Å². The summed E-state index contributed by atoms with van der Waals surface area (Å²) < 4.78 is 5.84. The summed E-state index contributed by atoms with van der Waals surface area (Å²) in [6.45, 7) is 1.77. The van der Waals surface area contributed by atoms with Crippen LogP contribution in [0.15, 0.2) is 52.3 Å². The van der Waals surface area contributed by atoms with Crippen LogP contribution in [0.2, 0.25) is 0 Å². The highest BCUT2D eigenvalue weighted by molar-refractivity contribution is 7.99. The molecule has 1 N–H and O–H groups in total. The highest BCUT2D eigenvalue weighted by Crippen LogP contribution is 2.49. The van der Waals surface area contributed by atoms with E-state index >= 15 is 0 Å². The van der Waals surface area contributed by atoms with Crippen LogP contribution in [0.25, 0.3) is 0 Å². The lowest BCUT2D eigenvalue weighted by atomic mass is 10.1. The van der Waals surface area contributed by atoms with Gasteiger partial charge in [0.05, 0.1) is 15.9 Å². The Morgan fingerprint density at radius 1 is 1.06 bits per heavy atom. The molecule has 2 aromatic carbocycles. The Kier molecular flexibility index (Phi) is 2.57. The monoisotopic (exact) mass is 244 g/mol. The molecule has 1 aliphatic rings. The Balaban J connectivity index is 2.12. The zero-order valence-electron chi connectivity index (χ0n) is 9.38. The third-order valence-corrected chi connectivity index (χ3v) is 3.94. The molecule has 1 heterocycles. The lowest BCUT2D eigenvalue weighted by Crippen LogP contribution is -2.00. The Morgan fingerprint density at radius 2 is 1.82 bits per heavy atom. The number of para-hydroxylation sites is 1. The minimum atomic E-state index is -0.480. The lowest BCUT2D eigenvalue weighted by molar-refractivity contribution is 0.195. The lowest BCUT2D eigenvalue weighted by Gasteiger charge is -2.22. The van der Waals surface area contributed by atoms with Crippen LogP contribution in [0.5, 0.6) is 11.5 Å². The van der Waals surface area contributed by atoms with Gasteiger partial charge < -0.3 is 9.84 Å². The van der Waals surface area contributed by atoms with E-state index in [-0.39, 0.29) is 0 Å². The molecule has 3 heteroatoms. The molecule has 86 valence electrons. The summed E-state index contributed by atoms with van der Waals surface area (Å²) in [5.41, 5.74) is 0.919. The van der Waals surface area contributed by atoms with Crippen LogP contribution in [0.4, 0.5) is 0 Å². The second kappa shape index (κ2) is 4.09. The molecule has 0 amide bonds. The molecule has 0 saturated carbocycles. The average molecular weight is 244 g/mol. The molecular weight excluding hydrogens is 232 g/mol. The van der Waals surface area contributed by atoms with Gasteiger partial charge in [-0.05, 0) is 30.7 Å². The van der Waals surface area contributed by atoms with E-state index in [9.17, 15) is 5.11 Å². The molecule has 2 nitrogen and oxygen atoms in total. The van der Waals surface area contributed by atoms with Crippen molar-refractivity contribution in [2.45, 2.75) is 22.8 Å². The van der Waals surface area contributed by atoms with E-state index < -0.39 is 6.10 Å². The fourth-order valence-corrected chi connectivity index (χ4v) is 3.04. The molecule has 0 bridgehead atoms. The van der Waals surface area contributed by atoms with Gasteiger partial charge in [0, 0.05) is 0 Å². The Morgan fingerprint density at radius 3 is 2.65 bits per heavy atom. The van der Waals surface area contributed by atoms with E-state index in [4.69, 9.17) is 4.74 Å². The van der Waals surface area contributed by atoms with Gasteiger partial charge in [-0.2, -0.15) is 0 Å². The summed E-state index contributed by atoms with van der Waals surface area (Å²) in [5, 5.41) is 9.76. The van der Waals surface area contributed by atoms with Crippen molar-refractivity contribution < 1.29 is 9.84 Å². The van der Waals surface area contributed by atoms with Crippen molar-refractivity contribution in [3.8, 4) is 11.5 Å². The average Bonchev–Trinajstić information content (AvgIpc) is 2.35. The number of aliphatic hydroxyl groups excluding tert-OH is 1. The molecule has 0 saturated heterocycles. The molecule has 3 rings (SSSR count). The van der Waals surface area contributed by atoms with Crippen LogP contribution < -0.4 is 4.74 Å². The van der Waals surface area contributed by atoms with Gasteiger partial charge in [0.2, 0.25) is 0 Å². The molecule has 17 heavy (non-hydrogen) atoms. The number of fused-ring (bicyclic) bond motifs is 2. The van der Waals surface area contributed by atoms with Gasteiger partial charge >= 0.3 is 0 Å². The smallest absolute Gasteiger partial charge is 0.141 e. The van der Waals surface area contributed by atoms with Crippen molar-refractivity contribution in [1.29, 1.82) is 0 Å². The summed E-state index contributed by atoms with van der Waals surface area (Å²) in [6, 6.07) is 13.7. The van der Waals surface area contributed by atoms with Crippen molar-refractivity contribution in [3.05, 3.63) is 48.0 Å². The van der Waals surface area contributed by atoms with Crippen LogP contribution >= 0.6 is 11.8 Å². The number of ether oxygens (including phenoxy) is 1. The number of benzene rings is 2. The summed E-state index contributed by atoms with van der Waals surface area (Å²) in [5.74, 6) is 1.71. The summed E-state index contributed by atoms with van der Waals surface area (Å²) in [7, 11) is 0. The van der Waals surface area contributed by atoms with Crippen LogP contribution in [0.1, 0.15) is 18.6 Å². The minimum Gasteiger partial charge on any atom is -0.455 e. The molecule has 0 spiro atoms. The second-order valence-corrected chi connectivity index (χ2v) is 5.05. The minimum absolute atomic E-state index is 0.480. The zero-order valence-corrected chi connectivity index (χ0v) is 10.2. The van der Waals surface area contributed by atoms with Gasteiger partial charge in [0.25, 0.3) is 0 Å². The van der Waals surface area contributed by atoms with Gasteiger partial charge in [0.15, 0.2) is 0 Å². The van der Waals surface area contributed by atoms with Gasteiger partial charge in [-0.3, -0.25) is 0 Å². The van der Waals surface area contributed by atoms with Crippen LogP contribution in [-0.2, 0) is 0 Å². The van der Waals surface area contributed by atoms with E-state index in [1.807, 2.05) is 42.5 Å². The maximum absolute atomic E-state index is 9.76. The van der Waals surface area contributed by atoms with Gasteiger partial charge in [0.1, 0.15) is 11.5 Å². The summed E-state index contributed by atoms with van der Waals surface area (Å²) in [6.07, 6.45) is -0.480. The van der Waals surface area contributed by atoms with Gasteiger partial charge in [-0.25, -0.2) is 0 Å². The summed E-state index contributed by atoms with van der Waals surface area (Å²) in [4.78, 5) is 2.11. The van der Waals surface area contributed by atoms with Crippen molar-refractivity contribution in [1.82, 2.24) is 0 Å². The first-order valence-corrected chi connectivity index (χ1v) is 6.33. The fraction of sp³-hybridized carbons (Fsp3) is 0.143. The van der Waals surface area contributed by atoms with Gasteiger partial charge in [-0.15, -0.1) is 0 Å². The fourth-order valence-electron chi connectivity index (χ4n) is 1.90. The number of hydrogen-bond donors (Lipinski definition) is 1. The molecule has 0 aromatic heterocycles. The van der Waals surface area contributed by atoms with Gasteiger partial charge in [-0.1, -0.05) is 36.0 Å². The number of hydrogen-bond acceptors (Lipinski definition) is 3. The third kappa shape index (κ3) is 1.81. The van der Waals surface area contributed by atoms with E-state index in [1.165, 1.54) is 0 Å². The zero-order chi connectivity index (χ0) is 11.8. The van der Waals surface area contributed by atoms with Crippen LogP contribution in [-0.4, -0.2) is 5.11 Å². The first-order chi connectivity index (χ1) is 8.25. The van der Waals surface area contributed by atoms with Crippen LogP contribution in [0, 0.1) is 0 Å². The molecule has 0 aliphatic carbocycles. The van der Waals surface area contributed by atoms with Crippen molar-refractivity contribution in [3.63, 3.8) is 0 Å². The maximum atomic E-state index is 9.76. The van der Waals surface area contributed by atoms with Crippen molar-refractivity contribution >= 4 is 11.8 Å². The molecular formula is C14H12O2S. The standard InChI is InChI=1S/C14H12O2S/c1-9(15)10-5-4-7-12-14(10)17-13-8-3-2-6-11(13)16-12/h2-9,15H,1H3. The van der Waals surface area contributed by atoms with E-state index in [1.54, 1.807) is 18.7 Å². The van der Waals surface area contributed by atoms with E-state index in [0.717, 1.165) is 26.9 Å². The third-order valence-electron chi connectivity index (χ3n) is 2.74. The second-order valence-electron chi connectivity index (χ2n) is 4.00. The SMILES string of the molecule is CC(O)c1cccc2c1Sc1ccccc1O2. The first kappa shape index (κ1) is 10.7. The number of aliphatic hydroxyl groups is 1. The predicted octanol–water partition coefficient (Wildman–Crippen LogP) is 4.00. The van der Waals surface area contributed by atoms with Crippen molar-refractivity contribution in [2.75, 3.05) is 0 Å². The molecule has 1 atom stereocenters. The quantitative estimate of drug-likeness (QED) is 0.701. The molecule has 1 unspecified atom stereocenters. The highest BCUT2D eigenvalue weighted by Gasteiger charge is 2.21. The highest BCUT2D eigenvalue weighted by atomic mass is 32.2. The molecule has 1 aliphatic heterocycles. The Bertz CT molecular complexity index is 564. The normalized spacial score (nSPS) is 14.5. The predicted molar refractivity (Wildman–Crippen MR) is 67.7 cm³/mol. The summed E-state index contributed by atoms with van der Waals surface area (Å²) >= 11 is 1.65. The van der Waals surface area contributed by atoms with E-state index in [0.29, 0.717) is 0 Å². The topological polar surface area (TPSA) is 29.5 Å². The van der Waals surface area contributed by atoms with Crippen molar-refractivity contribution in [2.24, 2.45) is 0 Å².